The monoisotopic (exact) mass is 452 g/mol. The Morgan fingerprint density at radius 2 is 2.03 bits per heavy atom. The molecule has 0 bridgehead atoms. The summed E-state index contributed by atoms with van der Waals surface area (Å²) in [4.78, 5) is 38.0. The smallest absolute Gasteiger partial charge is 0.346 e. The molecule has 2 aromatic carbocycles. The van der Waals surface area contributed by atoms with E-state index in [9.17, 15) is 24.8 Å². The average molecular weight is 453 g/mol. The molecule has 0 saturated heterocycles. The predicted octanol–water partition coefficient (Wildman–Crippen LogP) is 4.28. The van der Waals surface area contributed by atoms with Crippen molar-refractivity contribution in [3.8, 4) is 11.8 Å². The number of fused-ring (bicyclic) bond motifs is 1. The molecule has 7 nitrogen and oxygen atoms in total. The van der Waals surface area contributed by atoms with Crippen LogP contribution in [0.4, 0.5) is 5.69 Å². The minimum Gasteiger partial charge on any atom is -0.489 e. The van der Waals surface area contributed by atoms with E-state index in [4.69, 9.17) is 16.3 Å². The first-order valence-electron chi connectivity index (χ1n) is 9.02. The van der Waals surface area contributed by atoms with Crippen molar-refractivity contribution in [2.45, 2.75) is 13.0 Å². The number of amides is 2. The molecule has 0 spiro atoms. The van der Waals surface area contributed by atoms with Crippen LogP contribution >= 0.6 is 22.9 Å². The number of halogens is 1. The highest BCUT2D eigenvalue weighted by molar-refractivity contribution is 7.12. The lowest BCUT2D eigenvalue weighted by atomic mass is 10.0. The Morgan fingerprint density at radius 1 is 1.26 bits per heavy atom. The SMILES string of the molecule is N#Cc1ccccc1COc1ccc(Cl)c(N2C(=O)Cc3csc(C(=O)O)c3C2=O)c1. The molecule has 2 amide bonds. The number of thiophene rings is 1. The molecule has 1 N–H and O–H groups in total. The van der Waals surface area contributed by atoms with E-state index >= 15 is 0 Å². The third-order valence-electron chi connectivity index (χ3n) is 4.76. The highest BCUT2D eigenvalue weighted by Gasteiger charge is 2.37. The van der Waals surface area contributed by atoms with Gasteiger partial charge in [-0.2, -0.15) is 5.26 Å². The van der Waals surface area contributed by atoms with Gasteiger partial charge in [0.05, 0.1) is 34.3 Å². The van der Waals surface area contributed by atoms with Gasteiger partial charge in [-0.3, -0.25) is 9.59 Å². The number of anilines is 1. The van der Waals surface area contributed by atoms with Gasteiger partial charge in [-0.15, -0.1) is 11.3 Å². The lowest BCUT2D eigenvalue weighted by Crippen LogP contribution is -2.42. The van der Waals surface area contributed by atoms with Crippen molar-refractivity contribution in [2.75, 3.05) is 4.90 Å². The minimum absolute atomic E-state index is 0.00226. The van der Waals surface area contributed by atoms with Gasteiger partial charge >= 0.3 is 5.97 Å². The van der Waals surface area contributed by atoms with Crippen molar-refractivity contribution in [3.63, 3.8) is 0 Å². The summed E-state index contributed by atoms with van der Waals surface area (Å²) in [6.45, 7) is 0.102. The summed E-state index contributed by atoms with van der Waals surface area (Å²) in [6.07, 6.45) is -0.109. The molecule has 0 radical (unpaired) electrons. The normalized spacial score (nSPS) is 13.0. The molecule has 0 fully saturated rings. The second-order valence-electron chi connectivity index (χ2n) is 6.65. The van der Waals surface area contributed by atoms with Crippen LogP contribution in [-0.4, -0.2) is 22.9 Å². The molecule has 0 saturated carbocycles. The summed E-state index contributed by atoms with van der Waals surface area (Å²) in [7, 11) is 0. The molecule has 4 rings (SSSR count). The van der Waals surface area contributed by atoms with E-state index in [1.807, 2.05) is 0 Å². The number of carboxylic acids is 1. The number of hydrogen-bond donors (Lipinski definition) is 1. The Hall–Kier alpha value is -3.67. The first-order valence-corrected chi connectivity index (χ1v) is 10.3. The number of imide groups is 1. The summed E-state index contributed by atoms with van der Waals surface area (Å²) in [5.74, 6) is -2.14. The third kappa shape index (κ3) is 3.77. The molecule has 2 heterocycles. The number of carbonyl (C=O) groups excluding carboxylic acids is 2. The summed E-state index contributed by atoms with van der Waals surface area (Å²) >= 11 is 7.18. The maximum atomic E-state index is 13.1. The Morgan fingerprint density at radius 3 is 2.77 bits per heavy atom. The summed E-state index contributed by atoms with van der Waals surface area (Å²) in [5.41, 5.74) is 1.66. The molecule has 1 aromatic heterocycles. The standard InChI is InChI=1S/C22H13ClN2O5S/c23-16-6-5-15(30-10-13-4-2-1-3-12(13)9-24)8-17(16)25-18(26)7-14-11-31-20(22(28)29)19(14)21(25)27/h1-6,8,11H,7,10H2,(H,28,29). The van der Waals surface area contributed by atoms with Crippen LogP contribution in [0, 0.1) is 11.3 Å². The number of ether oxygens (including phenoxy) is 1. The fourth-order valence-corrected chi connectivity index (χ4v) is 4.40. The van der Waals surface area contributed by atoms with Crippen LogP contribution in [0.1, 0.15) is 36.7 Å². The lowest BCUT2D eigenvalue weighted by molar-refractivity contribution is -0.117. The molecule has 1 aliphatic rings. The van der Waals surface area contributed by atoms with E-state index in [0.717, 1.165) is 16.2 Å². The number of benzene rings is 2. The molecule has 3 aromatic rings. The Labute approximate surface area is 185 Å². The van der Waals surface area contributed by atoms with E-state index in [1.165, 1.54) is 17.5 Å². The van der Waals surface area contributed by atoms with Crippen LogP contribution in [0.2, 0.25) is 5.02 Å². The Bertz CT molecular complexity index is 1280. The average Bonchev–Trinajstić information content (AvgIpc) is 3.18. The molecule has 9 heteroatoms. The van der Waals surface area contributed by atoms with Crippen molar-refractivity contribution < 1.29 is 24.2 Å². The van der Waals surface area contributed by atoms with Crippen molar-refractivity contribution in [3.05, 3.63) is 80.0 Å². The number of carboxylic acid groups (broad SMARTS) is 1. The first-order chi connectivity index (χ1) is 14.9. The van der Waals surface area contributed by atoms with Gasteiger partial charge in [-0.25, -0.2) is 9.69 Å². The summed E-state index contributed by atoms with van der Waals surface area (Å²) in [5, 5.41) is 20.2. The van der Waals surface area contributed by atoms with Crippen molar-refractivity contribution in [2.24, 2.45) is 0 Å². The lowest BCUT2D eigenvalue weighted by Gasteiger charge is -2.26. The van der Waals surface area contributed by atoms with Crippen LogP contribution in [0.15, 0.2) is 47.8 Å². The second-order valence-corrected chi connectivity index (χ2v) is 7.94. The van der Waals surface area contributed by atoms with Crippen LogP contribution in [0.5, 0.6) is 5.75 Å². The predicted molar refractivity (Wildman–Crippen MR) is 114 cm³/mol. The van der Waals surface area contributed by atoms with Gasteiger partial charge in [0.2, 0.25) is 5.91 Å². The zero-order valence-corrected chi connectivity index (χ0v) is 17.4. The van der Waals surface area contributed by atoms with Gasteiger partial charge in [0, 0.05) is 11.6 Å². The zero-order chi connectivity index (χ0) is 22.1. The number of aromatic carboxylic acids is 1. The topological polar surface area (TPSA) is 108 Å². The molecular weight excluding hydrogens is 440 g/mol. The fraction of sp³-hybridized carbons (Fsp3) is 0.0909. The third-order valence-corrected chi connectivity index (χ3v) is 6.10. The number of carbonyl (C=O) groups is 3. The van der Waals surface area contributed by atoms with Crippen LogP contribution in [0.3, 0.4) is 0 Å². The summed E-state index contributed by atoms with van der Waals surface area (Å²) < 4.78 is 5.76. The van der Waals surface area contributed by atoms with Crippen molar-refractivity contribution in [1.82, 2.24) is 0 Å². The van der Waals surface area contributed by atoms with E-state index in [-0.39, 0.29) is 34.2 Å². The molecule has 31 heavy (non-hydrogen) atoms. The van der Waals surface area contributed by atoms with Crippen LogP contribution < -0.4 is 9.64 Å². The van der Waals surface area contributed by atoms with E-state index in [1.54, 1.807) is 30.3 Å². The van der Waals surface area contributed by atoms with E-state index < -0.39 is 17.8 Å². The first kappa shape index (κ1) is 20.6. The number of rotatable bonds is 5. The maximum Gasteiger partial charge on any atom is 0.346 e. The number of nitriles is 1. The van der Waals surface area contributed by atoms with Gasteiger partial charge in [-0.05, 0) is 29.1 Å². The quantitative estimate of drug-likeness (QED) is 0.579. The summed E-state index contributed by atoms with van der Waals surface area (Å²) in [6, 6.07) is 13.6. The molecular formula is C22H13ClN2O5S. The van der Waals surface area contributed by atoms with Gasteiger partial charge in [-0.1, -0.05) is 29.8 Å². The van der Waals surface area contributed by atoms with E-state index in [2.05, 4.69) is 6.07 Å². The van der Waals surface area contributed by atoms with Crippen molar-refractivity contribution in [1.29, 1.82) is 5.26 Å². The number of hydrogen-bond acceptors (Lipinski definition) is 6. The molecule has 0 unspecified atom stereocenters. The minimum atomic E-state index is -1.23. The Kier molecular flexibility index (Phi) is 5.46. The van der Waals surface area contributed by atoms with Crippen LogP contribution in [-0.2, 0) is 17.8 Å². The second kappa shape index (κ2) is 8.22. The fourth-order valence-electron chi connectivity index (χ4n) is 3.30. The van der Waals surface area contributed by atoms with Gasteiger partial charge < -0.3 is 9.84 Å². The van der Waals surface area contributed by atoms with Crippen molar-refractivity contribution >= 4 is 46.4 Å². The van der Waals surface area contributed by atoms with E-state index in [0.29, 0.717) is 22.4 Å². The molecule has 0 aliphatic carbocycles. The zero-order valence-electron chi connectivity index (χ0n) is 15.8. The molecule has 0 atom stereocenters. The highest BCUT2D eigenvalue weighted by Crippen LogP contribution is 2.36. The highest BCUT2D eigenvalue weighted by atomic mass is 35.5. The molecule has 1 aliphatic heterocycles. The molecule has 154 valence electrons. The largest absolute Gasteiger partial charge is 0.489 e. The maximum absolute atomic E-state index is 13.1. The Balaban J connectivity index is 1.66. The van der Waals surface area contributed by atoms with Gasteiger partial charge in [0.1, 0.15) is 17.2 Å². The van der Waals surface area contributed by atoms with Crippen LogP contribution in [0.25, 0.3) is 0 Å². The van der Waals surface area contributed by atoms with Gasteiger partial charge in [0.25, 0.3) is 5.91 Å². The number of nitrogens with zero attached hydrogens (tertiary/aromatic N) is 2. The van der Waals surface area contributed by atoms with Gasteiger partial charge in [0.15, 0.2) is 0 Å².